The minimum Gasteiger partial charge on any atom is -0.354 e. The van der Waals surface area contributed by atoms with Crippen molar-refractivity contribution in [3.05, 3.63) is 101 Å². The summed E-state index contributed by atoms with van der Waals surface area (Å²) >= 11 is 6.26. The van der Waals surface area contributed by atoms with Crippen LogP contribution in [0, 0.1) is 0 Å². The van der Waals surface area contributed by atoms with E-state index in [9.17, 15) is 18.0 Å². The summed E-state index contributed by atoms with van der Waals surface area (Å²) in [4.78, 5) is 29.1. The van der Waals surface area contributed by atoms with Crippen LogP contribution in [0.1, 0.15) is 56.2 Å². The molecule has 3 aromatic rings. The number of nitrogens with zero attached hydrogens (tertiary/aromatic N) is 2. The summed E-state index contributed by atoms with van der Waals surface area (Å²) < 4.78 is 26.7. The third-order valence-electron chi connectivity index (χ3n) is 7.13. The van der Waals surface area contributed by atoms with E-state index in [0.29, 0.717) is 30.1 Å². The first-order valence-corrected chi connectivity index (χ1v) is 16.8. The van der Waals surface area contributed by atoms with Gasteiger partial charge in [-0.25, -0.2) is 8.42 Å². The minimum atomic E-state index is -3.56. The molecule has 1 N–H and O–H groups in total. The van der Waals surface area contributed by atoms with Crippen molar-refractivity contribution >= 4 is 39.1 Å². The molecule has 9 heteroatoms. The van der Waals surface area contributed by atoms with E-state index in [2.05, 4.69) is 12.2 Å². The maximum atomic E-state index is 13.9. The van der Waals surface area contributed by atoms with E-state index >= 15 is 0 Å². The number of rotatable bonds is 16. The van der Waals surface area contributed by atoms with E-state index in [1.165, 1.54) is 10.6 Å². The lowest BCUT2D eigenvalue weighted by Crippen LogP contribution is -2.50. The van der Waals surface area contributed by atoms with Gasteiger partial charge in [0.2, 0.25) is 21.8 Å². The van der Waals surface area contributed by atoms with E-state index in [0.717, 1.165) is 36.0 Å². The molecule has 42 heavy (non-hydrogen) atoms. The molecule has 0 aliphatic heterocycles. The van der Waals surface area contributed by atoms with Crippen molar-refractivity contribution in [2.45, 2.75) is 65.0 Å². The molecule has 2 amide bonds. The molecule has 0 aliphatic carbocycles. The van der Waals surface area contributed by atoms with Gasteiger partial charge < -0.3 is 10.2 Å². The Morgan fingerprint density at radius 2 is 1.57 bits per heavy atom. The van der Waals surface area contributed by atoms with Gasteiger partial charge >= 0.3 is 0 Å². The van der Waals surface area contributed by atoms with Gasteiger partial charge in [0.25, 0.3) is 0 Å². The molecule has 226 valence electrons. The van der Waals surface area contributed by atoms with Gasteiger partial charge in [0.15, 0.2) is 0 Å². The van der Waals surface area contributed by atoms with E-state index in [4.69, 9.17) is 11.6 Å². The fraction of sp³-hybridized carbons (Fsp3) is 0.394. The number of carbonyl (C=O) groups is 2. The van der Waals surface area contributed by atoms with Gasteiger partial charge in [-0.2, -0.15) is 0 Å². The van der Waals surface area contributed by atoms with Crippen LogP contribution in [0.25, 0.3) is 0 Å². The number of anilines is 1. The van der Waals surface area contributed by atoms with E-state index < -0.39 is 16.1 Å². The van der Waals surface area contributed by atoms with Crippen LogP contribution < -0.4 is 9.62 Å². The lowest BCUT2D eigenvalue weighted by Gasteiger charge is -2.32. The number of halogens is 1. The van der Waals surface area contributed by atoms with Gasteiger partial charge in [-0.1, -0.05) is 86.5 Å². The Morgan fingerprint density at radius 3 is 2.19 bits per heavy atom. The van der Waals surface area contributed by atoms with Gasteiger partial charge in [-0.05, 0) is 60.2 Å². The van der Waals surface area contributed by atoms with Crippen molar-refractivity contribution in [2.75, 3.05) is 23.7 Å². The highest BCUT2D eigenvalue weighted by Crippen LogP contribution is 2.22. The van der Waals surface area contributed by atoms with Gasteiger partial charge in [0.05, 0.1) is 11.9 Å². The quantitative estimate of drug-likeness (QED) is 0.201. The molecule has 0 bridgehead atoms. The van der Waals surface area contributed by atoms with Crippen LogP contribution in [-0.2, 0) is 39.0 Å². The monoisotopic (exact) mass is 611 g/mol. The van der Waals surface area contributed by atoms with E-state index in [1.807, 2.05) is 61.5 Å². The zero-order valence-corrected chi connectivity index (χ0v) is 26.3. The van der Waals surface area contributed by atoms with Crippen LogP contribution in [-0.4, -0.2) is 50.5 Å². The second kappa shape index (κ2) is 16.3. The third kappa shape index (κ3) is 10.2. The number of sulfonamides is 1. The Hall–Kier alpha value is -3.36. The number of hydrogen-bond acceptors (Lipinski definition) is 4. The highest BCUT2D eigenvalue weighted by molar-refractivity contribution is 7.92. The predicted molar refractivity (Wildman–Crippen MR) is 171 cm³/mol. The molecule has 0 aliphatic rings. The second-order valence-corrected chi connectivity index (χ2v) is 12.8. The number of unbranched alkanes of at least 4 members (excludes halogenated alkanes) is 1. The SMILES string of the molecule is CCCCNC(=O)[C@@H](Cc1ccccc1)N(Cc1cccc(Cl)c1)C(=O)CCCN(c1ccc(CC)cc1)S(C)(=O)=O. The molecule has 0 saturated heterocycles. The molecule has 0 unspecified atom stereocenters. The summed E-state index contributed by atoms with van der Waals surface area (Å²) in [6.45, 7) is 4.97. The van der Waals surface area contributed by atoms with Crippen LogP contribution in [0.4, 0.5) is 5.69 Å². The molecule has 1 atom stereocenters. The summed E-state index contributed by atoms with van der Waals surface area (Å²) in [5, 5.41) is 3.56. The molecule has 3 rings (SSSR count). The molecule has 0 heterocycles. The van der Waals surface area contributed by atoms with Crippen molar-refractivity contribution in [3.8, 4) is 0 Å². The van der Waals surface area contributed by atoms with Crippen molar-refractivity contribution in [1.82, 2.24) is 10.2 Å². The first kappa shape index (κ1) is 33.1. The number of amides is 2. The molecular weight excluding hydrogens is 570 g/mol. The van der Waals surface area contributed by atoms with Crippen LogP contribution in [0.2, 0.25) is 5.02 Å². The first-order chi connectivity index (χ1) is 20.1. The fourth-order valence-electron chi connectivity index (χ4n) is 4.79. The Morgan fingerprint density at radius 1 is 0.881 bits per heavy atom. The highest BCUT2D eigenvalue weighted by atomic mass is 35.5. The largest absolute Gasteiger partial charge is 0.354 e. The molecule has 3 aromatic carbocycles. The fourth-order valence-corrected chi connectivity index (χ4v) is 5.97. The van der Waals surface area contributed by atoms with Crippen molar-refractivity contribution in [2.24, 2.45) is 0 Å². The molecular formula is C33H42ClN3O4S. The number of nitrogens with one attached hydrogen (secondary N) is 1. The standard InChI is InChI=1S/C33H42ClN3O4S/c1-4-6-21-35-33(39)31(24-27-12-8-7-9-13-27)36(25-28-14-10-15-29(34)23-28)32(38)16-11-22-37(42(3,40)41)30-19-17-26(5-2)18-20-30/h7-10,12-15,17-20,23,31H,4-6,11,16,21-22,24-25H2,1-3H3,(H,35,39)/t31-/m1/s1. The van der Waals surface area contributed by atoms with Crippen molar-refractivity contribution in [3.63, 3.8) is 0 Å². The molecule has 0 spiro atoms. The Kier molecular flexibility index (Phi) is 12.9. The van der Waals surface area contributed by atoms with Crippen LogP contribution in [0.5, 0.6) is 0 Å². The van der Waals surface area contributed by atoms with E-state index in [1.54, 1.807) is 29.2 Å². The summed E-state index contributed by atoms with van der Waals surface area (Å²) in [5.74, 6) is -0.437. The number of benzene rings is 3. The molecule has 0 fully saturated rings. The average Bonchev–Trinajstić information content (AvgIpc) is 2.97. The average molecular weight is 612 g/mol. The normalized spacial score (nSPS) is 12.0. The van der Waals surface area contributed by atoms with Gasteiger partial charge in [-0.15, -0.1) is 0 Å². The summed E-state index contributed by atoms with van der Waals surface area (Å²) in [7, 11) is -3.56. The second-order valence-electron chi connectivity index (χ2n) is 10.5. The van der Waals surface area contributed by atoms with Crippen LogP contribution >= 0.6 is 11.6 Å². The minimum absolute atomic E-state index is 0.0765. The Labute approximate surface area is 255 Å². The van der Waals surface area contributed by atoms with Crippen molar-refractivity contribution < 1.29 is 18.0 Å². The van der Waals surface area contributed by atoms with E-state index in [-0.39, 0.29) is 31.3 Å². The summed E-state index contributed by atoms with van der Waals surface area (Å²) in [6.07, 6.45) is 4.52. The number of carbonyl (C=O) groups excluding carboxylic acids is 2. The van der Waals surface area contributed by atoms with Crippen molar-refractivity contribution in [1.29, 1.82) is 0 Å². The highest BCUT2D eigenvalue weighted by Gasteiger charge is 2.30. The Balaban J connectivity index is 1.86. The molecule has 0 radical (unpaired) electrons. The first-order valence-electron chi connectivity index (χ1n) is 14.5. The van der Waals surface area contributed by atoms with Gasteiger partial charge in [0, 0.05) is 37.5 Å². The molecule has 0 aromatic heterocycles. The third-order valence-corrected chi connectivity index (χ3v) is 8.56. The lowest BCUT2D eigenvalue weighted by atomic mass is 10.0. The zero-order chi connectivity index (χ0) is 30.5. The molecule has 7 nitrogen and oxygen atoms in total. The van der Waals surface area contributed by atoms with Crippen LogP contribution in [0.15, 0.2) is 78.9 Å². The maximum absolute atomic E-state index is 13.9. The number of hydrogen-bond donors (Lipinski definition) is 1. The smallest absolute Gasteiger partial charge is 0.243 e. The summed E-state index contributed by atoms with van der Waals surface area (Å²) in [5.41, 5.74) is 3.43. The maximum Gasteiger partial charge on any atom is 0.243 e. The van der Waals surface area contributed by atoms with Gasteiger partial charge in [0.1, 0.15) is 6.04 Å². The zero-order valence-electron chi connectivity index (χ0n) is 24.8. The molecule has 0 saturated carbocycles. The topological polar surface area (TPSA) is 86.8 Å². The predicted octanol–water partition coefficient (Wildman–Crippen LogP) is 6.01. The van der Waals surface area contributed by atoms with Gasteiger partial charge in [-0.3, -0.25) is 13.9 Å². The Bertz CT molecular complexity index is 1400. The lowest BCUT2D eigenvalue weighted by molar-refractivity contribution is -0.141. The van der Waals surface area contributed by atoms with Crippen LogP contribution in [0.3, 0.4) is 0 Å². The summed E-state index contributed by atoms with van der Waals surface area (Å²) in [6, 6.07) is 23.6. The number of aryl methyl sites for hydroxylation is 1.